The number of hydrogen-bond acceptors (Lipinski definition) is 5. The summed E-state index contributed by atoms with van der Waals surface area (Å²) >= 11 is 1.44. The van der Waals surface area contributed by atoms with Crippen LogP contribution in [0.5, 0.6) is 0 Å². The highest BCUT2D eigenvalue weighted by Crippen LogP contribution is 2.25. The van der Waals surface area contributed by atoms with Crippen LogP contribution in [-0.2, 0) is 27.2 Å². The van der Waals surface area contributed by atoms with Gasteiger partial charge in [-0.1, -0.05) is 30.3 Å². The number of Topliss-reactive ketones (excluding diaryl/α,β-unsaturated/α-hetero) is 1. The van der Waals surface area contributed by atoms with Gasteiger partial charge in [0.2, 0.25) is 5.91 Å². The second kappa shape index (κ2) is 10.3. The molecule has 0 N–H and O–H groups in total. The number of ether oxygens (including phenoxy) is 1. The zero-order valence-corrected chi connectivity index (χ0v) is 17.6. The molecule has 29 heavy (non-hydrogen) atoms. The third-order valence-corrected chi connectivity index (χ3v) is 6.45. The minimum Gasteiger partial charge on any atom is -0.465 e. The van der Waals surface area contributed by atoms with Crippen LogP contribution in [0.1, 0.15) is 52.2 Å². The highest BCUT2D eigenvalue weighted by Gasteiger charge is 2.30. The van der Waals surface area contributed by atoms with E-state index in [1.54, 1.807) is 6.07 Å². The van der Waals surface area contributed by atoms with Gasteiger partial charge >= 0.3 is 5.97 Å². The summed E-state index contributed by atoms with van der Waals surface area (Å²) in [7, 11) is 1.38. The lowest BCUT2D eigenvalue weighted by Crippen LogP contribution is -2.34. The molecule has 6 heteroatoms. The number of nitrogens with zero attached hydrogens (tertiary/aromatic N) is 1. The van der Waals surface area contributed by atoms with Crippen molar-refractivity contribution in [3.8, 4) is 0 Å². The molecule has 2 heterocycles. The van der Waals surface area contributed by atoms with Crippen molar-refractivity contribution in [1.29, 1.82) is 0 Å². The maximum Gasteiger partial charge on any atom is 0.348 e. The molecule has 1 saturated heterocycles. The van der Waals surface area contributed by atoms with Crippen molar-refractivity contribution in [3.05, 3.63) is 57.8 Å². The Balaban J connectivity index is 1.44. The molecule has 0 unspecified atom stereocenters. The van der Waals surface area contributed by atoms with E-state index in [4.69, 9.17) is 4.74 Å². The van der Waals surface area contributed by atoms with E-state index in [0.717, 1.165) is 36.1 Å². The van der Waals surface area contributed by atoms with Crippen LogP contribution in [0.2, 0.25) is 0 Å². The van der Waals surface area contributed by atoms with Crippen LogP contribution in [0.25, 0.3) is 0 Å². The fourth-order valence-electron chi connectivity index (χ4n) is 3.79. The van der Waals surface area contributed by atoms with Gasteiger partial charge in [0.15, 0.2) is 0 Å². The maximum absolute atomic E-state index is 12.3. The molecule has 1 aromatic heterocycles. The van der Waals surface area contributed by atoms with Crippen LogP contribution in [0, 0.1) is 0 Å². The molecule has 1 amide bonds. The molecule has 154 valence electrons. The van der Waals surface area contributed by atoms with E-state index in [0.29, 0.717) is 30.7 Å². The van der Waals surface area contributed by atoms with Gasteiger partial charge in [-0.15, -0.1) is 11.3 Å². The molecule has 0 saturated carbocycles. The van der Waals surface area contributed by atoms with Crippen LogP contribution in [0.3, 0.4) is 0 Å². The number of carbonyl (C=O) groups is 3. The minimum absolute atomic E-state index is 0.163. The van der Waals surface area contributed by atoms with Crippen molar-refractivity contribution in [1.82, 2.24) is 4.90 Å². The number of amides is 1. The van der Waals surface area contributed by atoms with E-state index >= 15 is 0 Å². The summed E-state index contributed by atoms with van der Waals surface area (Å²) in [5.41, 5.74) is 1.04. The quantitative estimate of drug-likeness (QED) is 0.551. The summed E-state index contributed by atoms with van der Waals surface area (Å²) in [6.45, 7) is 0.696. The Bertz CT molecular complexity index is 846. The number of ketones is 1. The lowest BCUT2D eigenvalue weighted by molar-refractivity contribution is -0.129. The average Bonchev–Trinajstić information content (AvgIpc) is 3.34. The first-order valence-electron chi connectivity index (χ1n) is 10.1. The van der Waals surface area contributed by atoms with E-state index in [1.807, 2.05) is 41.3 Å². The number of esters is 1. The van der Waals surface area contributed by atoms with Crippen LogP contribution < -0.4 is 0 Å². The van der Waals surface area contributed by atoms with Crippen molar-refractivity contribution < 1.29 is 19.1 Å². The summed E-state index contributed by atoms with van der Waals surface area (Å²) in [6, 6.07) is 13.7. The number of methoxy groups -OCH3 is 1. The van der Waals surface area contributed by atoms with Gasteiger partial charge in [0.25, 0.3) is 0 Å². The summed E-state index contributed by atoms with van der Waals surface area (Å²) in [4.78, 5) is 39.8. The first kappa shape index (κ1) is 21.2. The molecular weight excluding hydrogens is 386 g/mol. The van der Waals surface area contributed by atoms with Gasteiger partial charge in [-0.05, 0) is 43.4 Å². The van der Waals surface area contributed by atoms with Crippen molar-refractivity contribution in [2.75, 3.05) is 13.7 Å². The van der Waals surface area contributed by atoms with Gasteiger partial charge in [0, 0.05) is 36.7 Å². The number of benzene rings is 1. The Morgan fingerprint density at radius 3 is 2.72 bits per heavy atom. The molecule has 1 aromatic carbocycles. The predicted molar refractivity (Wildman–Crippen MR) is 113 cm³/mol. The van der Waals surface area contributed by atoms with E-state index in [1.165, 1.54) is 18.4 Å². The molecule has 1 fully saturated rings. The largest absolute Gasteiger partial charge is 0.465 e. The van der Waals surface area contributed by atoms with Crippen LogP contribution in [0.4, 0.5) is 0 Å². The molecule has 0 aliphatic carbocycles. The van der Waals surface area contributed by atoms with Crippen LogP contribution in [0.15, 0.2) is 42.5 Å². The Morgan fingerprint density at radius 1 is 1.17 bits per heavy atom. The summed E-state index contributed by atoms with van der Waals surface area (Å²) in [5.74, 6) is 0.104. The number of likely N-dealkylation sites (tertiary alicyclic amines) is 1. The third kappa shape index (κ3) is 6.00. The van der Waals surface area contributed by atoms with Crippen molar-refractivity contribution in [2.24, 2.45) is 0 Å². The SMILES string of the molecule is COC(=O)c1ccc(CCCN2C(=O)CC[C@@H]2CCC(=O)Cc2ccccc2)s1. The van der Waals surface area contributed by atoms with E-state index in [-0.39, 0.29) is 23.7 Å². The van der Waals surface area contributed by atoms with Gasteiger partial charge in [-0.3, -0.25) is 9.59 Å². The molecule has 0 radical (unpaired) electrons. The Labute approximate surface area is 175 Å². The summed E-state index contributed by atoms with van der Waals surface area (Å²) < 4.78 is 4.74. The Morgan fingerprint density at radius 2 is 1.97 bits per heavy atom. The summed E-state index contributed by atoms with van der Waals surface area (Å²) in [5, 5.41) is 0. The first-order valence-corrected chi connectivity index (χ1v) is 10.9. The van der Waals surface area contributed by atoms with Gasteiger partial charge in [-0.2, -0.15) is 0 Å². The molecule has 3 rings (SSSR count). The zero-order valence-electron chi connectivity index (χ0n) is 16.8. The molecule has 1 atom stereocenters. The zero-order chi connectivity index (χ0) is 20.6. The lowest BCUT2D eigenvalue weighted by atomic mass is 10.0. The maximum atomic E-state index is 12.3. The number of rotatable bonds is 10. The van der Waals surface area contributed by atoms with Gasteiger partial charge in [0.05, 0.1) is 7.11 Å². The van der Waals surface area contributed by atoms with Gasteiger partial charge in [-0.25, -0.2) is 4.79 Å². The lowest BCUT2D eigenvalue weighted by Gasteiger charge is -2.24. The smallest absolute Gasteiger partial charge is 0.348 e. The Hall–Kier alpha value is -2.47. The van der Waals surface area contributed by atoms with Gasteiger partial charge in [0.1, 0.15) is 10.7 Å². The second-order valence-electron chi connectivity index (χ2n) is 7.38. The second-order valence-corrected chi connectivity index (χ2v) is 8.55. The molecule has 1 aliphatic rings. The van der Waals surface area contributed by atoms with E-state index in [9.17, 15) is 14.4 Å². The monoisotopic (exact) mass is 413 g/mol. The molecule has 1 aliphatic heterocycles. The van der Waals surface area contributed by atoms with Crippen LogP contribution in [-0.4, -0.2) is 42.3 Å². The molecular formula is C23H27NO4S. The third-order valence-electron chi connectivity index (χ3n) is 5.32. The molecule has 5 nitrogen and oxygen atoms in total. The van der Waals surface area contributed by atoms with Crippen molar-refractivity contribution in [3.63, 3.8) is 0 Å². The first-order chi connectivity index (χ1) is 14.1. The minimum atomic E-state index is -0.309. The number of thiophene rings is 1. The van der Waals surface area contributed by atoms with E-state index in [2.05, 4.69) is 0 Å². The van der Waals surface area contributed by atoms with Crippen molar-refractivity contribution in [2.45, 2.75) is 51.0 Å². The molecule has 0 spiro atoms. The van der Waals surface area contributed by atoms with Crippen molar-refractivity contribution >= 4 is 29.0 Å². The van der Waals surface area contributed by atoms with Crippen LogP contribution >= 0.6 is 11.3 Å². The Kier molecular flexibility index (Phi) is 7.58. The summed E-state index contributed by atoms with van der Waals surface area (Å²) in [6.07, 6.45) is 4.79. The highest BCUT2D eigenvalue weighted by molar-refractivity contribution is 7.13. The normalized spacial score (nSPS) is 16.2. The fraction of sp³-hybridized carbons (Fsp3) is 0.435. The van der Waals surface area contributed by atoms with Gasteiger partial charge < -0.3 is 9.64 Å². The average molecular weight is 414 g/mol. The number of aryl methyl sites for hydroxylation is 1. The topological polar surface area (TPSA) is 63.7 Å². The highest BCUT2D eigenvalue weighted by atomic mass is 32.1. The number of hydrogen-bond donors (Lipinski definition) is 0. The molecule has 2 aromatic rings. The molecule has 0 bridgehead atoms. The predicted octanol–water partition coefficient (Wildman–Crippen LogP) is 4.05. The standard InChI is InChI=1S/C23H27NO4S/c1-28-23(27)21-13-12-20(29-21)8-5-15-24-18(10-14-22(24)26)9-11-19(25)16-17-6-3-2-4-7-17/h2-4,6-7,12-13,18H,5,8-11,14-16H2,1H3/t18-/m0/s1. The van der Waals surface area contributed by atoms with E-state index < -0.39 is 0 Å². The fourth-order valence-corrected chi connectivity index (χ4v) is 4.75. The number of carbonyl (C=O) groups excluding carboxylic acids is 3.